The normalized spacial score (nSPS) is 10.5. The van der Waals surface area contributed by atoms with Crippen molar-refractivity contribution in [2.24, 2.45) is 5.92 Å². The Morgan fingerprint density at radius 2 is 1.71 bits per heavy atom. The Morgan fingerprint density at radius 3 is 2.33 bits per heavy atom. The van der Waals surface area contributed by atoms with Gasteiger partial charge in [-0.25, -0.2) is 0 Å². The first-order valence-corrected chi connectivity index (χ1v) is 8.62. The molecule has 0 spiro atoms. The van der Waals surface area contributed by atoms with Gasteiger partial charge in [-0.3, -0.25) is 9.59 Å². The lowest BCUT2D eigenvalue weighted by Gasteiger charge is -2.10. The van der Waals surface area contributed by atoms with E-state index >= 15 is 0 Å². The Bertz CT molecular complexity index is 757. The molecule has 0 saturated heterocycles. The van der Waals surface area contributed by atoms with Gasteiger partial charge in [-0.2, -0.15) is 0 Å². The van der Waals surface area contributed by atoms with E-state index < -0.39 is 0 Å². The fourth-order valence-electron chi connectivity index (χ4n) is 2.12. The molecule has 0 unspecified atom stereocenters. The Labute approximate surface area is 150 Å². The van der Waals surface area contributed by atoms with Gasteiger partial charge in [-0.15, -0.1) is 0 Å². The first-order chi connectivity index (χ1) is 11.4. The van der Waals surface area contributed by atoms with Crippen molar-refractivity contribution in [1.29, 1.82) is 0 Å². The van der Waals surface area contributed by atoms with Crippen LogP contribution in [0.5, 0.6) is 0 Å². The molecule has 0 atom stereocenters. The number of halogens is 1. The molecule has 0 aliphatic heterocycles. The minimum absolute atomic E-state index is 0.171. The van der Waals surface area contributed by atoms with Crippen molar-refractivity contribution in [2.75, 3.05) is 11.9 Å². The SMILES string of the molecule is Cc1ccc(NC(=O)c2cccc(C(=O)NCC(C)C)c2)c(Br)c1. The Hall–Kier alpha value is -2.14. The molecule has 4 nitrogen and oxygen atoms in total. The van der Waals surface area contributed by atoms with Gasteiger partial charge in [0.05, 0.1) is 5.69 Å². The number of rotatable bonds is 5. The molecular weight excluding hydrogens is 368 g/mol. The highest BCUT2D eigenvalue weighted by atomic mass is 79.9. The van der Waals surface area contributed by atoms with Crippen LogP contribution in [0.25, 0.3) is 0 Å². The highest BCUT2D eigenvalue weighted by Crippen LogP contribution is 2.24. The van der Waals surface area contributed by atoms with Gasteiger partial charge in [0.25, 0.3) is 11.8 Å². The van der Waals surface area contributed by atoms with Crippen molar-refractivity contribution in [2.45, 2.75) is 20.8 Å². The number of hydrogen-bond donors (Lipinski definition) is 2. The molecule has 0 bridgehead atoms. The largest absolute Gasteiger partial charge is 0.352 e. The zero-order valence-electron chi connectivity index (χ0n) is 14.0. The molecule has 24 heavy (non-hydrogen) atoms. The maximum atomic E-state index is 12.4. The number of nitrogens with one attached hydrogen (secondary N) is 2. The fourth-order valence-corrected chi connectivity index (χ4v) is 2.71. The maximum absolute atomic E-state index is 12.4. The molecular formula is C19H21BrN2O2. The molecule has 0 heterocycles. The van der Waals surface area contributed by atoms with E-state index in [9.17, 15) is 9.59 Å². The molecule has 0 aliphatic rings. The van der Waals surface area contributed by atoms with Gasteiger partial charge in [0.1, 0.15) is 0 Å². The second kappa shape index (κ2) is 8.11. The van der Waals surface area contributed by atoms with Crippen molar-refractivity contribution in [1.82, 2.24) is 5.32 Å². The molecule has 2 amide bonds. The molecule has 0 aliphatic carbocycles. The molecule has 2 aromatic rings. The number of benzene rings is 2. The van der Waals surface area contributed by atoms with Crippen LogP contribution >= 0.6 is 15.9 Å². The number of aryl methyl sites for hydroxylation is 1. The minimum atomic E-state index is -0.252. The predicted molar refractivity (Wildman–Crippen MR) is 100 cm³/mol. The lowest BCUT2D eigenvalue weighted by Crippen LogP contribution is -2.27. The van der Waals surface area contributed by atoms with Gasteiger partial charge in [0.2, 0.25) is 0 Å². The summed E-state index contributed by atoms with van der Waals surface area (Å²) in [5.74, 6) is -0.0488. The highest BCUT2D eigenvalue weighted by Gasteiger charge is 2.12. The van der Waals surface area contributed by atoms with E-state index in [4.69, 9.17) is 0 Å². The van der Waals surface area contributed by atoms with Crippen LogP contribution in [0.1, 0.15) is 40.1 Å². The molecule has 0 saturated carbocycles. The van der Waals surface area contributed by atoms with Crippen molar-refractivity contribution >= 4 is 33.4 Å². The Kier molecular flexibility index (Phi) is 6.15. The predicted octanol–water partition coefficient (Wildman–Crippen LogP) is 4.40. The van der Waals surface area contributed by atoms with Crippen molar-refractivity contribution in [3.63, 3.8) is 0 Å². The van der Waals surface area contributed by atoms with Crippen LogP contribution < -0.4 is 10.6 Å². The number of anilines is 1. The molecule has 2 aromatic carbocycles. The zero-order chi connectivity index (χ0) is 17.7. The average Bonchev–Trinajstić information content (AvgIpc) is 2.55. The standard InChI is InChI=1S/C19H21BrN2O2/c1-12(2)11-21-18(23)14-5-4-6-15(10-14)19(24)22-17-8-7-13(3)9-16(17)20/h4-10,12H,11H2,1-3H3,(H,21,23)(H,22,24). The van der Waals surface area contributed by atoms with Crippen LogP contribution in [0.15, 0.2) is 46.9 Å². The van der Waals surface area contributed by atoms with Gasteiger partial charge in [0.15, 0.2) is 0 Å². The van der Waals surface area contributed by atoms with Crippen LogP contribution in [-0.2, 0) is 0 Å². The summed E-state index contributed by atoms with van der Waals surface area (Å²) in [5.41, 5.74) is 2.72. The fraction of sp³-hybridized carbons (Fsp3) is 0.263. The van der Waals surface area contributed by atoms with Crippen LogP contribution in [0.3, 0.4) is 0 Å². The molecule has 126 valence electrons. The van der Waals surface area contributed by atoms with E-state index in [1.165, 1.54) is 0 Å². The zero-order valence-corrected chi connectivity index (χ0v) is 15.6. The number of hydrogen-bond acceptors (Lipinski definition) is 2. The van der Waals surface area contributed by atoms with Crippen LogP contribution in [0.4, 0.5) is 5.69 Å². The maximum Gasteiger partial charge on any atom is 0.255 e. The van der Waals surface area contributed by atoms with Crippen LogP contribution in [0, 0.1) is 12.8 Å². The number of carbonyl (C=O) groups is 2. The number of carbonyl (C=O) groups excluding carboxylic acids is 2. The third-order valence-corrected chi connectivity index (χ3v) is 4.09. The van der Waals surface area contributed by atoms with Gasteiger partial charge in [0, 0.05) is 22.1 Å². The lowest BCUT2D eigenvalue weighted by molar-refractivity contribution is 0.0949. The minimum Gasteiger partial charge on any atom is -0.352 e. The monoisotopic (exact) mass is 388 g/mol. The Balaban J connectivity index is 2.12. The molecule has 0 radical (unpaired) electrons. The van der Waals surface area contributed by atoms with E-state index in [-0.39, 0.29) is 11.8 Å². The topological polar surface area (TPSA) is 58.2 Å². The molecule has 2 rings (SSSR count). The summed E-state index contributed by atoms with van der Waals surface area (Å²) in [6.45, 7) is 6.65. The van der Waals surface area contributed by atoms with Gasteiger partial charge >= 0.3 is 0 Å². The Morgan fingerprint density at radius 1 is 1.04 bits per heavy atom. The van der Waals surface area contributed by atoms with E-state index in [0.717, 1.165) is 10.0 Å². The first kappa shape index (κ1) is 18.2. The van der Waals surface area contributed by atoms with Crippen LogP contribution in [-0.4, -0.2) is 18.4 Å². The van der Waals surface area contributed by atoms with Gasteiger partial charge in [-0.1, -0.05) is 26.0 Å². The molecule has 2 N–H and O–H groups in total. The van der Waals surface area contributed by atoms with Crippen molar-refractivity contribution in [3.8, 4) is 0 Å². The third-order valence-electron chi connectivity index (χ3n) is 3.43. The quantitative estimate of drug-likeness (QED) is 0.797. The summed E-state index contributed by atoms with van der Waals surface area (Å²) >= 11 is 3.44. The van der Waals surface area contributed by atoms with E-state index in [1.54, 1.807) is 24.3 Å². The highest BCUT2D eigenvalue weighted by molar-refractivity contribution is 9.10. The summed E-state index contributed by atoms with van der Waals surface area (Å²) < 4.78 is 0.821. The second-order valence-electron chi connectivity index (χ2n) is 6.12. The van der Waals surface area contributed by atoms with Crippen molar-refractivity contribution < 1.29 is 9.59 Å². The molecule has 0 fully saturated rings. The third kappa shape index (κ3) is 4.93. The number of amides is 2. The van der Waals surface area contributed by atoms with E-state index in [1.807, 2.05) is 39.0 Å². The summed E-state index contributed by atoms with van der Waals surface area (Å²) in [7, 11) is 0. The summed E-state index contributed by atoms with van der Waals surface area (Å²) in [4.78, 5) is 24.6. The molecule has 5 heteroatoms. The van der Waals surface area contributed by atoms with Crippen LogP contribution in [0.2, 0.25) is 0 Å². The van der Waals surface area contributed by atoms with E-state index in [2.05, 4.69) is 26.6 Å². The smallest absolute Gasteiger partial charge is 0.255 e. The average molecular weight is 389 g/mol. The van der Waals surface area contributed by atoms with Gasteiger partial charge < -0.3 is 10.6 Å². The summed E-state index contributed by atoms with van der Waals surface area (Å²) in [5, 5.41) is 5.70. The van der Waals surface area contributed by atoms with E-state index in [0.29, 0.717) is 29.3 Å². The lowest BCUT2D eigenvalue weighted by atomic mass is 10.1. The summed E-state index contributed by atoms with van der Waals surface area (Å²) in [6.07, 6.45) is 0. The molecule has 0 aromatic heterocycles. The van der Waals surface area contributed by atoms with Crippen molar-refractivity contribution in [3.05, 3.63) is 63.6 Å². The second-order valence-corrected chi connectivity index (χ2v) is 6.98. The first-order valence-electron chi connectivity index (χ1n) is 7.82. The summed E-state index contributed by atoms with van der Waals surface area (Å²) in [6, 6.07) is 12.4. The van der Waals surface area contributed by atoms with Gasteiger partial charge in [-0.05, 0) is 64.7 Å².